The molecule has 1 aliphatic heterocycles. The van der Waals surface area contributed by atoms with Crippen molar-refractivity contribution in [2.45, 2.75) is 20.3 Å². The molecule has 3 heterocycles. The Bertz CT molecular complexity index is 1050. The minimum absolute atomic E-state index is 0.0165. The average molecular weight is 441 g/mol. The van der Waals surface area contributed by atoms with Gasteiger partial charge in [-0.15, -0.1) is 11.3 Å². The Kier molecular flexibility index (Phi) is 6.53. The van der Waals surface area contributed by atoms with Gasteiger partial charge in [-0.25, -0.2) is 0 Å². The van der Waals surface area contributed by atoms with Gasteiger partial charge in [0.15, 0.2) is 0 Å². The summed E-state index contributed by atoms with van der Waals surface area (Å²) in [6, 6.07) is 9.65. The van der Waals surface area contributed by atoms with Crippen LogP contribution in [0.5, 0.6) is 0 Å². The second-order valence-electron chi connectivity index (χ2n) is 7.58. The van der Waals surface area contributed by atoms with Crippen molar-refractivity contribution in [1.82, 2.24) is 20.4 Å². The van der Waals surface area contributed by atoms with E-state index >= 15 is 0 Å². The summed E-state index contributed by atoms with van der Waals surface area (Å²) in [5, 5.41) is 13.7. The van der Waals surface area contributed by atoms with Gasteiger partial charge in [0, 0.05) is 48.9 Å². The van der Waals surface area contributed by atoms with Crippen molar-refractivity contribution in [2.24, 2.45) is 0 Å². The van der Waals surface area contributed by atoms with Gasteiger partial charge in [0.2, 0.25) is 5.91 Å². The van der Waals surface area contributed by atoms with Gasteiger partial charge in [-0.1, -0.05) is 6.92 Å². The molecule has 2 aromatic heterocycles. The maximum atomic E-state index is 12.8. The lowest BCUT2D eigenvalue weighted by molar-refractivity contribution is -0.120. The Labute approximate surface area is 185 Å². The van der Waals surface area contributed by atoms with Crippen molar-refractivity contribution < 1.29 is 9.59 Å². The molecule has 31 heavy (non-hydrogen) atoms. The van der Waals surface area contributed by atoms with Gasteiger partial charge in [-0.05, 0) is 43.8 Å². The van der Waals surface area contributed by atoms with Crippen LogP contribution in [0.15, 0.2) is 30.3 Å². The van der Waals surface area contributed by atoms with Gasteiger partial charge in [0.1, 0.15) is 10.6 Å². The van der Waals surface area contributed by atoms with E-state index in [2.05, 4.69) is 37.6 Å². The lowest BCUT2D eigenvalue weighted by atomic mass is 10.1. The zero-order valence-electron chi connectivity index (χ0n) is 17.9. The quantitative estimate of drug-likeness (QED) is 0.525. The van der Waals surface area contributed by atoms with Crippen molar-refractivity contribution in [3.63, 3.8) is 0 Å². The number of anilines is 2. The summed E-state index contributed by atoms with van der Waals surface area (Å²) in [6.07, 6.45) is 0.316. The molecule has 164 valence electrons. The molecule has 3 aromatic rings. The van der Waals surface area contributed by atoms with E-state index in [0.717, 1.165) is 53.5 Å². The Morgan fingerprint density at radius 2 is 1.87 bits per heavy atom. The van der Waals surface area contributed by atoms with Crippen LogP contribution in [0.1, 0.15) is 29.1 Å². The number of nitrogens with zero attached hydrogens (tertiary/aromatic N) is 3. The van der Waals surface area contributed by atoms with E-state index in [0.29, 0.717) is 24.3 Å². The molecular formula is C22H28N6O2S. The van der Waals surface area contributed by atoms with Crippen LogP contribution in [0.4, 0.5) is 11.5 Å². The molecule has 0 radical (unpaired) electrons. The number of carbonyl (C=O) groups excluding carboxylic acids is 2. The number of hydrogen-bond donors (Lipinski definition) is 3. The number of carbonyl (C=O) groups is 2. The fourth-order valence-electron chi connectivity index (χ4n) is 3.79. The van der Waals surface area contributed by atoms with Crippen LogP contribution in [0.3, 0.4) is 0 Å². The van der Waals surface area contributed by atoms with E-state index in [1.54, 1.807) is 0 Å². The summed E-state index contributed by atoms with van der Waals surface area (Å²) in [5.74, 6) is 0.347. The van der Waals surface area contributed by atoms with E-state index in [9.17, 15) is 9.59 Å². The first-order valence-corrected chi connectivity index (χ1v) is 11.5. The average Bonchev–Trinajstić information content (AvgIpc) is 3.35. The fourth-order valence-corrected chi connectivity index (χ4v) is 4.78. The Morgan fingerprint density at radius 1 is 1.13 bits per heavy atom. The highest BCUT2D eigenvalue weighted by molar-refractivity contribution is 7.18. The minimum atomic E-state index is -0.190. The number of thiophene rings is 1. The molecule has 1 fully saturated rings. The second-order valence-corrected chi connectivity index (χ2v) is 8.70. The summed E-state index contributed by atoms with van der Waals surface area (Å²) in [6.45, 7) is 9.92. The van der Waals surface area contributed by atoms with Gasteiger partial charge in [0.05, 0.1) is 11.8 Å². The fraction of sp³-hybridized carbons (Fsp3) is 0.409. The van der Waals surface area contributed by atoms with Gasteiger partial charge >= 0.3 is 0 Å². The van der Waals surface area contributed by atoms with Crippen molar-refractivity contribution in [3.05, 3.63) is 40.8 Å². The Hall–Kier alpha value is -2.91. The van der Waals surface area contributed by atoms with Crippen molar-refractivity contribution in [1.29, 1.82) is 0 Å². The normalized spacial score (nSPS) is 14.7. The second kappa shape index (κ2) is 9.49. The molecule has 1 aliphatic rings. The number of rotatable bonds is 7. The summed E-state index contributed by atoms with van der Waals surface area (Å²) < 4.78 is 0. The number of aromatic nitrogens is 2. The summed E-state index contributed by atoms with van der Waals surface area (Å²) in [7, 11) is 0. The van der Waals surface area contributed by atoms with Crippen LogP contribution in [-0.4, -0.2) is 66.2 Å². The largest absolute Gasteiger partial charge is 0.369 e. The number of nitrogens with one attached hydrogen (secondary N) is 3. The van der Waals surface area contributed by atoms with Crippen molar-refractivity contribution in [3.8, 4) is 0 Å². The molecule has 0 atom stereocenters. The number of hydrogen-bond acceptors (Lipinski definition) is 6. The Morgan fingerprint density at radius 3 is 2.55 bits per heavy atom. The monoisotopic (exact) mass is 440 g/mol. The van der Waals surface area contributed by atoms with E-state index in [-0.39, 0.29) is 11.8 Å². The van der Waals surface area contributed by atoms with E-state index in [4.69, 9.17) is 0 Å². The van der Waals surface area contributed by atoms with E-state index in [1.165, 1.54) is 11.3 Å². The molecule has 0 aliphatic carbocycles. The predicted octanol–water partition coefficient (Wildman–Crippen LogP) is 2.70. The number of piperazine rings is 1. The zero-order valence-corrected chi connectivity index (χ0v) is 18.7. The summed E-state index contributed by atoms with van der Waals surface area (Å²) >= 11 is 1.45. The van der Waals surface area contributed by atoms with Crippen molar-refractivity contribution in [2.75, 3.05) is 49.5 Å². The Balaban J connectivity index is 1.40. The summed E-state index contributed by atoms with van der Waals surface area (Å²) in [4.78, 5) is 31.1. The molecule has 2 amide bonds. The number of benzene rings is 1. The standard InChI is InChI=1S/C22H28N6O2S/c1-3-23-19(29)14-17-13-18-20(25-26-22(18)31-17)24-21(30)15-5-7-16(8-6-15)28-11-9-27(4-2)10-12-28/h5-8,13H,3-4,9-12,14H2,1-2H3,(H,23,29)(H2,24,25,26,30). The molecule has 0 bridgehead atoms. The number of likely N-dealkylation sites (N-methyl/N-ethyl adjacent to an activating group) is 2. The maximum Gasteiger partial charge on any atom is 0.256 e. The molecule has 3 N–H and O–H groups in total. The van der Waals surface area contributed by atoms with E-state index < -0.39 is 0 Å². The molecule has 1 saturated heterocycles. The zero-order chi connectivity index (χ0) is 21.8. The maximum absolute atomic E-state index is 12.8. The van der Waals surface area contributed by atoms with Crippen LogP contribution in [-0.2, 0) is 11.2 Å². The van der Waals surface area contributed by atoms with Crippen LogP contribution in [0, 0.1) is 0 Å². The third kappa shape index (κ3) is 4.88. The van der Waals surface area contributed by atoms with Gasteiger partial charge in [-0.3, -0.25) is 14.7 Å². The highest BCUT2D eigenvalue weighted by atomic mass is 32.1. The predicted molar refractivity (Wildman–Crippen MR) is 125 cm³/mol. The first-order valence-electron chi connectivity index (χ1n) is 10.7. The lowest BCUT2D eigenvalue weighted by Crippen LogP contribution is -2.46. The first-order chi connectivity index (χ1) is 15.1. The van der Waals surface area contributed by atoms with E-state index in [1.807, 2.05) is 37.3 Å². The summed E-state index contributed by atoms with van der Waals surface area (Å²) in [5.41, 5.74) is 1.74. The smallest absolute Gasteiger partial charge is 0.256 e. The molecule has 8 nitrogen and oxygen atoms in total. The van der Waals surface area contributed by atoms with Crippen LogP contribution in [0.2, 0.25) is 0 Å². The number of aromatic amines is 1. The van der Waals surface area contributed by atoms with Gasteiger partial charge in [0.25, 0.3) is 5.91 Å². The minimum Gasteiger partial charge on any atom is -0.369 e. The first kappa shape index (κ1) is 21.3. The lowest BCUT2D eigenvalue weighted by Gasteiger charge is -2.35. The number of fused-ring (bicyclic) bond motifs is 1. The highest BCUT2D eigenvalue weighted by Crippen LogP contribution is 2.30. The van der Waals surface area contributed by atoms with Crippen LogP contribution in [0.25, 0.3) is 10.2 Å². The molecule has 0 unspecified atom stereocenters. The molecule has 4 rings (SSSR count). The third-order valence-electron chi connectivity index (χ3n) is 5.56. The SMILES string of the molecule is CCNC(=O)Cc1cc2c(NC(=O)c3ccc(N4CCN(CC)CC4)cc3)[nH]nc2s1. The number of amides is 2. The van der Waals surface area contributed by atoms with Gasteiger partial charge < -0.3 is 20.4 Å². The highest BCUT2D eigenvalue weighted by Gasteiger charge is 2.17. The van der Waals surface area contributed by atoms with Crippen LogP contribution >= 0.6 is 11.3 Å². The number of H-pyrrole nitrogens is 1. The molecule has 0 spiro atoms. The molecule has 0 saturated carbocycles. The molecule has 9 heteroatoms. The van der Waals surface area contributed by atoms with Crippen molar-refractivity contribution >= 4 is 44.9 Å². The molecule has 1 aromatic carbocycles. The van der Waals surface area contributed by atoms with Crippen LogP contribution < -0.4 is 15.5 Å². The van der Waals surface area contributed by atoms with Gasteiger partial charge in [-0.2, -0.15) is 5.10 Å². The molecular weight excluding hydrogens is 412 g/mol. The third-order valence-corrected chi connectivity index (χ3v) is 6.59. The topological polar surface area (TPSA) is 93.4 Å².